The fourth-order valence-corrected chi connectivity index (χ4v) is 3.62. The molecule has 0 aliphatic heterocycles. The van der Waals surface area contributed by atoms with Crippen LogP contribution in [0.1, 0.15) is 6.42 Å². The van der Waals surface area contributed by atoms with Crippen LogP contribution in [0, 0.1) is 5.92 Å². The van der Waals surface area contributed by atoms with Crippen molar-refractivity contribution in [1.29, 1.82) is 0 Å². The number of hydrogen-bond donors (Lipinski definition) is 0. The summed E-state index contributed by atoms with van der Waals surface area (Å²) in [4.78, 5) is 5.19. The Morgan fingerprint density at radius 1 is 1.14 bits per heavy atom. The largest absolute Gasteiger partial charge is 0.495 e. The molecule has 0 spiro atoms. The summed E-state index contributed by atoms with van der Waals surface area (Å²) in [6.45, 7) is -0.0553. The third kappa shape index (κ3) is 2.82. The summed E-state index contributed by atoms with van der Waals surface area (Å²) in [6.07, 6.45) is 3.30. The number of alkyl halides is 2. The van der Waals surface area contributed by atoms with Crippen LogP contribution in [0.4, 0.5) is 8.78 Å². The summed E-state index contributed by atoms with van der Waals surface area (Å²) in [5, 5.41) is 9.28. The minimum absolute atomic E-state index is 0.0553. The normalized spacial score (nSPS) is 17.9. The van der Waals surface area contributed by atoms with Crippen molar-refractivity contribution >= 4 is 21.8 Å². The zero-order valence-electron chi connectivity index (χ0n) is 14.9. The Labute approximate surface area is 161 Å². The fraction of sp³-hybridized carbons (Fsp3) is 0.353. The second-order valence-electron chi connectivity index (χ2n) is 6.50. The van der Waals surface area contributed by atoms with Crippen LogP contribution in [-0.4, -0.2) is 51.0 Å². The average Bonchev–Trinajstić information content (AvgIpc) is 3.10. The number of imidazole rings is 1. The summed E-state index contributed by atoms with van der Waals surface area (Å²) in [7, 11) is 3.07. The summed E-state index contributed by atoms with van der Waals surface area (Å²) < 4.78 is 45.6. The fourth-order valence-electron chi connectivity index (χ4n) is 2.92. The van der Waals surface area contributed by atoms with Gasteiger partial charge in [0, 0.05) is 12.5 Å². The van der Waals surface area contributed by atoms with Gasteiger partial charge >= 0.3 is 0 Å². The Balaban J connectivity index is 1.51. The molecule has 0 bridgehead atoms. The highest BCUT2D eigenvalue weighted by molar-refractivity contribution is 7.18. The molecule has 1 aliphatic rings. The molecule has 1 aliphatic carbocycles. The van der Waals surface area contributed by atoms with Gasteiger partial charge in [0.25, 0.3) is 11.1 Å². The molecule has 1 saturated carbocycles. The molecule has 4 aromatic rings. The molecule has 1 fully saturated rings. The predicted molar refractivity (Wildman–Crippen MR) is 96.7 cm³/mol. The predicted octanol–water partition coefficient (Wildman–Crippen LogP) is 3.16. The van der Waals surface area contributed by atoms with E-state index in [-0.39, 0.29) is 13.0 Å². The van der Waals surface area contributed by atoms with Crippen LogP contribution in [0.2, 0.25) is 0 Å². The lowest BCUT2D eigenvalue weighted by molar-refractivity contribution is 0.0857. The number of rotatable bonds is 6. The highest BCUT2D eigenvalue weighted by Crippen LogP contribution is 2.48. The van der Waals surface area contributed by atoms with Crippen LogP contribution in [0.25, 0.3) is 21.9 Å². The van der Waals surface area contributed by atoms with Crippen LogP contribution in [0.3, 0.4) is 0 Å². The van der Waals surface area contributed by atoms with E-state index in [0.717, 1.165) is 0 Å². The van der Waals surface area contributed by atoms with Crippen LogP contribution in [0.15, 0.2) is 24.5 Å². The van der Waals surface area contributed by atoms with E-state index < -0.39 is 11.8 Å². The van der Waals surface area contributed by atoms with Crippen LogP contribution < -0.4 is 14.2 Å². The van der Waals surface area contributed by atoms with Gasteiger partial charge in [-0.15, -0.1) is 5.10 Å². The van der Waals surface area contributed by atoms with E-state index in [0.29, 0.717) is 38.6 Å². The maximum absolute atomic E-state index is 13.2. The van der Waals surface area contributed by atoms with E-state index in [4.69, 9.17) is 14.2 Å². The zero-order valence-corrected chi connectivity index (χ0v) is 15.7. The van der Waals surface area contributed by atoms with Crippen molar-refractivity contribution in [2.45, 2.75) is 12.3 Å². The zero-order chi connectivity index (χ0) is 19.5. The first-order valence-corrected chi connectivity index (χ1v) is 9.27. The van der Waals surface area contributed by atoms with E-state index in [1.165, 1.54) is 18.4 Å². The molecule has 1 atom stereocenters. The van der Waals surface area contributed by atoms with Crippen molar-refractivity contribution in [2.24, 2.45) is 5.92 Å². The van der Waals surface area contributed by atoms with Gasteiger partial charge in [-0.2, -0.15) is 5.10 Å². The molecule has 0 aromatic carbocycles. The Kier molecular flexibility index (Phi) is 3.69. The second kappa shape index (κ2) is 6.03. The van der Waals surface area contributed by atoms with Gasteiger partial charge in [0.15, 0.2) is 0 Å². The number of aromatic nitrogens is 5. The summed E-state index contributed by atoms with van der Waals surface area (Å²) in [5.41, 5.74) is 1.87. The molecule has 28 heavy (non-hydrogen) atoms. The standard InChI is InChI=1S/C17H15F2N5O3S/c1-25-10-3-14(27-8-9-5-17(9,18)19)13-4-11(21-23(13)6-10)12-7-24-15(20-12)28-16(22-24)26-2/h3-4,6-7,9H,5,8H2,1-2H3. The van der Waals surface area contributed by atoms with E-state index in [1.807, 2.05) is 0 Å². The first kappa shape index (κ1) is 17.2. The van der Waals surface area contributed by atoms with Crippen molar-refractivity contribution in [1.82, 2.24) is 24.2 Å². The van der Waals surface area contributed by atoms with Gasteiger partial charge in [-0.05, 0) is 17.4 Å². The Bertz CT molecular complexity index is 1150. The molecule has 0 N–H and O–H groups in total. The molecule has 4 aromatic heterocycles. The van der Waals surface area contributed by atoms with Crippen LogP contribution >= 0.6 is 11.3 Å². The highest BCUT2D eigenvalue weighted by atomic mass is 32.1. The number of nitrogens with zero attached hydrogens (tertiary/aromatic N) is 5. The molecule has 0 amide bonds. The van der Waals surface area contributed by atoms with Crippen molar-refractivity contribution < 1.29 is 23.0 Å². The number of ether oxygens (including phenoxy) is 3. The number of hydrogen-bond acceptors (Lipinski definition) is 7. The highest BCUT2D eigenvalue weighted by Gasteiger charge is 2.57. The monoisotopic (exact) mass is 407 g/mol. The molecule has 11 heteroatoms. The maximum atomic E-state index is 13.2. The second-order valence-corrected chi connectivity index (χ2v) is 7.42. The van der Waals surface area contributed by atoms with Gasteiger partial charge in [0.2, 0.25) is 4.96 Å². The topological polar surface area (TPSA) is 75.2 Å². The Morgan fingerprint density at radius 2 is 1.96 bits per heavy atom. The molecule has 1 unspecified atom stereocenters. The molecule has 146 valence electrons. The molecule has 5 rings (SSSR count). The SMILES string of the molecule is COc1cc(OCC2CC2(F)F)c2cc(-c3cn4nc(OC)sc4n3)nn2c1. The molecule has 8 nitrogen and oxygen atoms in total. The van der Waals surface area contributed by atoms with Gasteiger partial charge in [0.1, 0.15) is 28.4 Å². The molecule has 0 saturated heterocycles. The number of pyridine rings is 1. The van der Waals surface area contributed by atoms with E-state index >= 15 is 0 Å². The van der Waals surface area contributed by atoms with Gasteiger partial charge in [-0.3, -0.25) is 0 Å². The van der Waals surface area contributed by atoms with Gasteiger partial charge in [0.05, 0.1) is 39.1 Å². The van der Waals surface area contributed by atoms with Crippen molar-refractivity contribution in [3.05, 3.63) is 24.5 Å². The van der Waals surface area contributed by atoms with Gasteiger partial charge in [-0.1, -0.05) is 0 Å². The summed E-state index contributed by atoms with van der Waals surface area (Å²) in [6, 6.07) is 3.46. The Hall–Kier alpha value is -2.95. The first-order valence-electron chi connectivity index (χ1n) is 8.45. The lowest BCUT2D eigenvalue weighted by Crippen LogP contribution is -2.06. The van der Waals surface area contributed by atoms with Gasteiger partial charge in [-0.25, -0.2) is 22.8 Å². The lowest BCUT2D eigenvalue weighted by atomic mass is 10.3. The third-order valence-corrected chi connectivity index (χ3v) is 5.49. The molecular weight excluding hydrogens is 392 g/mol. The smallest absolute Gasteiger partial charge is 0.294 e. The quantitative estimate of drug-likeness (QED) is 0.489. The summed E-state index contributed by atoms with van der Waals surface area (Å²) in [5.74, 6) is -2.43. The third-order valence-electron chi connectivity index (χ3n) is 4.60. The van der Waals surface area contributed by atoms with Gasteiger partial charge < -0.3 is 14.2 Å². The number of halogens is 2. The first-order chi connectivity index (χ1) is 13.5. The molecular formula is C17H15F2N5O3S. The van der Waals surface area contributed by atoms with Crippen LogP contribution in [-0.2, 0) is 0 Å². The molecule has 0 radical (unpaired) electrons. The minimum Gasteiger partial charge on any atom is -0.495 e. The molecule has 4 heterocycles. The van der Waals surface area contributed by atoms with E-state index in [9.17, 15) is 8.78 Å². The minimum atomic E-state index is -2.63. The number of fused-ring (bicyclic) bond motifs is 2. The average molecular weight is 407 g/mol. The van der Waals surface area contributed by atoms with E-state index in [1.54, 1.807) is 40.7 Å². The van der Waals surface area contributed by atoms with E-state index in [2.05, 4.69) is 15.2 Å². The Morgan fingerprint density at radius 3 is 2.64 bits per heavy atom. The van der Waals surface area contributed by atoms with Crippen molar-refractivity contribution in [2.75, 3.05) is 20.8 Å². The van der Waals surface area contributed by atoms with Crippen molar-refractivity contribution in [3.8, 4) is 28.1 Å². The number of methoxy groups -OCH3 is 2. The van der Waals surface area contributed by atoms with Crippen molar-refractivity contribution in [3.63, 3.8) is 0 Å². The maximum Gasteiger partial charge on any atom is 0.294 e. The lowest BCUT2D eigenvalue weighted by Gasteiger charge is -2.09. The summed E-state index contributed by atoms with van der Waals surface area (Å²) >= 11 is 1.32. The van der Waals surface area contributed by atoms with Crippen LogP contribution in [0.5, 0.6) is 16.7 Å².